The van der Waals surface area contributed by atoms with Crippen molar-refractivity contribution < 1.29 is 82.8 Å². The Kier molecular flexibility index (Phi) is 33.7. The molecular formula is C104H104F8N18O10. The minimum absolute atomic E-state index is 0. The zero-order valence-corrected chi connectivity index (χ0v) is 74.8. The molecule has 20 rings (SSSR count). The Morgan fingerprint density at radius 3 is 1.09 bits per heavy atom. The average Bonchev–Trinajstić information content (AvgIpc) is 1.57. The van der Waals surface area contributed by atoms with Crippen molar-refractivity contribution in [1.29, 1.82) is 0 Å². The predicted molar refractivity (Wildman–Crippen MR) is 503 cm³/mol. The highest BCUT2D eigenvalue weighted by Crippen LogP contribution is 2.31. The van der Waals surface area contributed by atoms with Gasteiger partial charge in [-0.15, -0.1) is 0 Å². The number of pyridine rings is 3. The van der Waals surface area contributed by atoms with Crippen LogP contribution in [0.25, 0.3) is 0 Å². The van der Waals surface area contributed by atoms with Crippen molar-refractivity contribution in [2.75, 3.05) is 32.7 Å². The fraction of sp³-hybridized carbons (Fsp3) is 0.260. The van der Waals surface area contributed by atoms with Crippen molar-refractivity contribution >= 4 is 29.5 Å². The SMILES string of the molecule is C.C.C.Cc1cccc(C(=O)N2CCn3nc(COc4cccc(F)c4)cc3C2C)n1.Cc1ccccc1C(=O)N1CCn2nc(COc3cccc(F)c3)cc2C1.Cc1cnc(C(=O)N2CCn3nc(COc4cccc(F)c4)cc3C2)c(F)c1.O=C(c1cccc(F)c1)N1CCn2nc(COc3cccc(F)c3)cc2C1.O=C(c1ncccc1F)N1CCn2nc(COc3cccc(F)c3)cc2C1. The first-order valence-corrected chi connectivity index (χ1v) is 44.0. The summed E-state index contributed by atoms with van der Waals surface area (Å²) in [7, 11) is 0. The van der Waals surface area contributed by atoms with Crippen LogP contribution < -0.4 is 23.7 Å². The van der Waals surface area contributed by atoms with Gasteiger partial charge in [0.15, 0.2) is 23.0 Å². The van der Waals surface area contributed by atoms with E-state index in [-0.39, 0.29) is 120 Å². The van der Waals surface area contributed by atoms with Crippen LogP contribution in [0.1, 0.15) is 161 Å². The Morgan fingerprint density at radius 1 is 0.336 bits per heavy atom. The lowest BCUT2D eigenvalue weighted by atomic mass is 10.1. The van der Waals surface area contributed by atoms with Crippen LogP contribution in [0.2, 0.25) is 0 Å². The number of fused-ring (bicyclic) bond motifs is 5. The van der Waals surface area contributed by atoms with Gasteiger partial charge in [0.1, 0.15) is 131 Å². The van der Waals surface area contributed by atoms with Gasteiger partial charge in [-0.3, -0.25) is 47.4 Å². The molecule has 0 saturated carbocycles. The summed E-state index contributed by atoms with van der Waals surface area (Å²) in [6, 6.07) is 61.8. The first-order chi connectivity index (χ1) is 66.3. The van der Waals surface area contributed by atoms with E-state index in [1.165, 1.54) is 109 Å². The molecule has 8 aromatic heterocycles. The molecule has 0 saturated heterocycles. The number of amides is 5. The molecule has 36 heteroatoms. The summed E-state index contributed by atoms with van der Waals surface area (Å²) >= 11 is 0. The quantitative estimate of drug-likeness (QED) is 0.0641. The maximum Gasteiger partial charge on any atom is 0.275 e. The maximum atomic E-state index is 14.1. The monoisotopic (exact) mass is 1920 g/mol. The van der Waals surface area contributed by atoms with E-state index in [0.29, 0.717) is 154 Å². The van der Waals surface area contributed by atoms with E-state index >= 15 is 0 Å². The fourth-order valence-electron chi connectivity index (χ4n) is 15.9. The minimum Gasteiger partial charge on any atom is -0.487 e. The molecule has 1 unspecified atom stereocenters. The third kappa shape index (κ3) is 25.7. The van der Waals surface area contributed by atoms with Gasteiger partial charge in [0.2, 0.25) is 0 Å². The van der Waals surface area contributed by atoms with Crippen LogP contribution in [0, 0.1) is 67.3 Å². The number of carbonyl (C=O) groups excluding carboxylic acids is 5. The van der Waals surface area contributed by atoms with E-state index in [4.69, 9.17) is 23.7 Å². The molecule has 15 aromatic rings. The largest absolute Gasteiger partial charge is 0.487 e. The number of aryl methyl sites for hydroxylation is 3. The van der Waals surface area contributed by atoms with Gasteiger partial charge >= 0.3 is 0 Å². The molecule has 0 N–H and O–H groups in total. The number of nitrogens with zero attached hydrogens (tertiary/aromatic N) is 18. The lowest BCUT2D eigenvalue weighted by Crippen LogP contribution is -2.41. The van der Waals surface area contributed by atoms with Crippen LogP contribution in [0.3, 0.4) is 0 Å². The van der Waals surface area contributed by atoms with Gasteiger partial charge in [-0.2, -0.15) is 25.5 Å². The molecule has 5 amide bonds. The molecule has 0 aliphatic carbocycles. The van der Waals surface area contributed by atoms with Gasteiger partial charge in [0.25, 0.3) is 29.5 Å². The van der Waals surface area contributed by atoms with Gasteiger partial charge in [-0.25, -0.2) is 50.1 Å². The van der Waals surface area contributed by atoms with Crippen LogP contribution in [-0.2, 0) is 91.9 Å². The second-order valence-corrected chi connectivity index (χ2v) is 32.7. The van der Waals surface area contributed by atoms with Crippen molar-refractivity contribution in [3.63, 3.8) is 0 Å². The molecule has 1 atom stereocenters. The summed E-state index contributed by atoms with van der Waals surface area (Å²) in [4.78, 5) is 84.0. The summed E-state index contributed by atoms with van der Waals surface area (Å²) in [5.74, 6) is -2.38. The number of hydrogen-bond acceptors (Lipinski definition) is 18. The highest BCUT2D eigenvalue weighted by molar-refractivity contribution is 5.96. The van der Waals surface area contributed by atoms with Crippen LogP contribution >= 0.6 is 0 Å². The highest BCUT2D eigenvalue weighted by Gasteiger charge is 2.34. The van der Waals surface area contributed by atoms with Crippen LogP contribution in [-0.4, -0.2) is 151 Å². The first-order valence-electron chi connectivity index (χ1n) is 44.0. The zero-order valence-electron chi connectivity index (χ0n) is 74.8. The fourth-order valence-corrected chi connectivity index (χ4v) is 15.9. The molecule has 0 fully saturated rings. The second-order valence-electron chi connectivity index (χ2n) is 32.7. The minimum atomic E-state index is -0.634. The third-order valence-electron chi connectivity index (χ3n) is 22.7. The number of rotatable bonds is 20. The summed E-state index contributed by atoms with van der Waals surface area (Å²) in [6.45, 7) is 15.4. The average molecular weight is 1920 g/mol. The molecular weight excluding hydrogens is 1810 g/mol. The van der Waals surface area contributed by atoms with E-state index in [9.17, 15) is 59.1 Å². The topological polar surface area (TPSA) is 275 Å². The summed E-state index contributed by atoms with van der Waals surface area (Å²) in [5.41, 5.74) is 11.6. The third-order valence-corrected chi connectivity index (χ3v) is 22.7. The Balaban J connectivity index is 0.000000147. The zero-order chi connectivity index (χ0) is 95.8. The maximum absolute atomic E-state index is 14.1. The molecule has 0 radical (unpaired) electrons. The molecule has 28 nitrogen and oxygen atoms in total. The summed E-state index contributed by atoms with van der Waals surface area (Å²) in [6.07, 6.45) is 2.87. The molecule has 726 valence electrons. The normalized spacial score (nSPS) is 13.6. The van der Waals surface area contributed by atoms with Crippen molar-refractivity contribution in [1.82, 2.24) is 88.4 Å². The van der Waals surface area contributed by atoms with Crippen molar-refractivity contribution in [3.05, 3.63) is 397 Å². The van der Waals surface area contributed by atoms with E-state index < -0.39 is 29.3 Å². The number of halogens is 8. The Labute approximate surface area is 803 Å². The number of carbonyl (C=O) groups is 5. The molecule has 0 bridgehead atoms. The van der Waals surface area contributed by atoms with Gasteiger partial charge in [-0.1, -0.05) is 82.9 Å². The van der Waals surface area contributed by atoms with Gasteiger partial charge < -0.3 is 48.2 Å². The Bertz CT molecular complexity index is 6730. The molecule has 0 spiro atoms. The van der Waals surface area contributed by atoms with Gasteiger partial charge in [0.05, 0.1) is 93.4 Å². The van der Waals surface area contributed by atoms with E-state index in [1.54, 1.807) is 104 Å². The molecule has 5 aliphatic rings. The lowest BCUT2D eigenvalue weighted by Gasteiger charge is -2.33. The van der Waals surface area contributed by atoms with E-state index in [0.717, 1.165) is 56.7 Å². The lowest BCUT2D eigenvalue weighted by molar-refractivity contribution is 0.0628. The van der Waals surface area contributed by atoms with Crippen molar-refractivity contribution in [2.24, 2.45) is 0 Å². The molecule has 5 aliphatic heterocycles. The molecule has 7 aromatic carbocycles. The van der Waals surface area contributed by atoms with E-state index in [1.807, 2.05) is 111 Å². The smallest absolute Gasteiger partial charge is 0.275 e. The van der Waals surface area contributed by atoms with Crippen LogP contribution in [0.15, 0.2) is 249 Å². The van der Waals surface area contributed by atoms with Crippen LogP contribution in [0.5, 0.6) is 28.7 Å². The van der Waals surface area contributed by atoms with Crippen LogP contribution in [0.4, 0.5) is 35.1 Å². The molecule has 140 heavy (non-hydrogen) atoms. The predicted octanol–water partition coefficient (Wildman–Crippen LogP) is 18.3. The molecule has 13 heterocycles. The van der Waals surface area contributed by atoms with Crippen molar-refractivity contribution in [2.45, 2.75) is 148 Å². The van der Waals surface area contributed by atoms with Gasteiger partial charge in [-0.05, 0) is 184 Å². The number of ether oxygens (including phenoxy) is 5. The second kappa shape index (κ2) is 46.6. The summed E-state index contributed by atoms with van der Waals surface area (Å²) in [5, 5.41) is 22.5. The van der Waals surface area contributed by atoms with Crippen molar-refractivity contribution in [3.8, 4) is 28.7 Å². The number of aromatic nitrogens is 13. The Hall–Kier alpha value is -16.2. The van der Waals surface area contributed by atoms with Gasteiger partial charge in [0, 0.05) is 92.3 Å². The Morgan fingerprint density at radius 2 is 0.700 bits per heavy atom. The number of benzene rings is 7. The first kappa shape index (κ1) is 101. The highest BCUT2D eigenvalue weighted by atomic mass is 19.2. The summed E-state index contributed by atoms with van der Waals surface area (Å²) < 4.78 is 145. The van der Waals surface area contributed by atoms with E-state index in [2.05, 4.69) is 40.4 Å². The number of hydrogen-bond donors (Lipinski definition) is 0. The standard InChI is InChI=1S/C21H21FN4O2.C21H20FN3O2.C20H18F2N4O2.C20H17F2N3O2.C19H16F2N4O2.3CH4/c1-14-5-3-8-19(23-14)21(27)25-9-10-26-20(15(25)2)12-17(24-26)13-28-18-7-4-6-16(22)11-18;1-15-5-2-3-8-20(15)21(26)24-9-10-25-18(13-24)12-17(23-25)14-27-19-7-4-6-16(22)11-19;1-13-7-18(22)19(23-10-13)20(27)25-5-6-26-16(11-25)9-15(24-26)12-28-17-4-2-3-14(21)8-17;21-15-4-1-3-14(9-15)20(26)24-7-8-25-18(12-24)11-17(23-25)13-27-19-6-2-5-16(22)10-19;20-13-3-1-4-16(9-13)27-12-14-10-15-11-24(7-8-25(15)23-14)19(26)18-17(21)5-2-6-22-18;;;/h3-8,11-12,15H,9-10,13H2,1-2H3;2-8,11-12H,9-10,13-14H2,1H3;2-4,7-10H,5-6,11-12H2,1H3;1-6,9-11H,7-8,12-13H2;1-6,9-10H,7-8,11-12H2;3*1H4.